The lowest BCUT2D eigenvalue weighted by Crippen LogP contribution is -2.53. The van der Waals surface area contributed by atoms with Crippen LogP contribution in [-0.2, 0) is 4.79 Å². The van der Waals surface area contributed by atoms with Crippen molar-refractivity contribution < 1.29 is 15.0 Å². The first-order valence-corrected chi connectivity index (χ1v) is 5.25. The molecule has 0 aromatic rings. The van der Waals surface area contributed by atoms with E-state index < -0.39 is 11.6 Å². The van der Waals surface area contributed by atoms with Gasteiger partial charge in [0.15, 0.2) is 5.60 Å². The molecular weight excluding hydrogens is 196 g/mol. The van der Waals surface area contributed by atoms with Gasteiger partial charge in [-0.2, -0.15) is 0 Å². The average Bonchev–Trinajstić information content (AvgIpc) is 1.99. The summed E-state index contributed by atoms with van der Waals surface area (Å²) in [4.78, 5) is 12.7. The second kappa shape index (κ2) is 4.47. The molecule has 1 aliphatic rings. The Morgan fingerprint density at radius 1 is 1.60 bits per heavy atom. The summed E-state index contributed by atoms with van der Waals surface area (Å²) in [6, 6.07) is 0.0818. The number of hydrogen-bond acceptors (Lipinski definition) is 4. The van der Waals surface area contributed by atoms with Gasteiger partial charge in [0.05, 0.1) is 0 Å². The second-order valence-corrected chi connectivity index (χ2v) is 4.87. The van der Waals surface area contributed by atoms with Gasteiger partial charge in [0.1, 0.15) is 0 Å². The highest BCUT2D eigenvalue weighted by atomic mass is 16.4. The summed E-state index contributed by atoms with van der Waals surface area (Å²) < 4.78 is 0. The van der Waals surface area contributed by atoms with E-state index in [1.54, 1.807) is 0 Å². The second-order valence-electron chi connectivity index (χ2n) is 4.87. The highest BCUT2D eigenvalue weighted by molar-refractivity contribution is 5.76. The minimum absolute atomic E-state index is 0.0818. The maximum Gasteiger partial charge on any atom is 0.336 e. The topological polar surface area (TPSA) is 86.8 Å². The maximum atomic E-state index is 10.7. The van der Waals surface area contributed by atoms with Crippen LogP contribution in [0.4, 0.5) is 0 Å². The van der Waals surface area contributed by atoms with Gasteiger partial charge in [0, 0.05) is 25.7 Å². The van der Waals surface area contributed by atoms with Crippen molar-refractivity contribution in [2.24, 2.45) is 11.7 Å². The zero-order valence-corrected chi connectivity index (χ0v) is 9.31. The highest BCUT2D eigenvalue weighted by Gasteiger charge is 2.34. The number of likely N-dealkylation sites (tertiary alicyclic amines) is 1. The number of nitrogens with zero attached hydrogens (tertiary/aromatic N) is 1. The van der Waals surface area contributed by atoms with E-state index in [1.165, 1.54) is 6.92 Å². The fourth-order valence-electron chi connectivity index (χ4n) is 2.14. The summed E-state index contributed by atoms with van der Waals surface area (Å²) in [5.41, 5.74) is 4.16. The number of rotatable bonds is 3. The van der Waals surface area contributed by atoms with Crippen LogP contribution in [0.2, 0.25) is 0 Å². The Morgan fingerprint density at radius 2 is 2.20 bits per heavy atom. The largest absolute Gasteiger partial charge is 0.479 e. The van der Waals surface area contributed by atoms with E-state index in [4.69, 9.17) is 10.8 Å². The molecule has 0 aromatic heterocycles. The van der Waals surface area contributed by atoms with E-state index in [0.717, 1.165) is 13.0 Å². The third-order valence-corrected chi connectivity index (χ3v) is 2.76. The number of β-amino-alcohol motifs (C(OH)–C–C–N with tert-alkyl or cyclic N) is 1. The predicted octanol–water partition coefficient (Wildman–Crippen LogP) is -0.509. The van der Waals surface area contributed by atoms with E-state index in [2.05, 4.69) is 6.92 Å². The molecule has 1 fully saturated rings. The number of carboxylic acid groups (broad SMARTS) is 1. The van der Waals surface area contributed by atoms with Crippen molar-refractivity contribution in [3.8, 4) is 0 Å². The molecule has 0 amide bonds. The van der Waals surface area contributed by atoms with Crippen molar-refractivity contribution in [3.05, 3.63) is 0 Å². The minimum Gasteiger partial charge on any atom is -0.479 e. The Hall–Kier alpha value is -0.650. The molecule has 1 aliphatic heterocycles. The van der Waals surface area contributed by atoms with Crippen LogP contribution in [0.5, 0.6) is 0 Å². The molecule has 0 aromatic carbocycles. The molecule has 3 unspecified atom stereocenters. The molecule has 0 bridgehead atoms. The van der Waals surface area contributed by atoms with Gasteiger partial charge in [-0.25, -0.2) is 4.79 Å². The van der Waals surface area contributed by atoms with Crippen LogP contribution in [0, 0.1) is 5.92 Å². The molecule has 1 heterocycles. The summed E-state index contributed by atoms with van der Waals surface area (Å²) >= 11 is 0. The Morgan fingerprint density at radius 3 is 2.67 bits per heavy atom. The number of nitrogens with two attached hydrogens (primary N) is 1. The summed E-state index contributed by atoms with van der Waals surface area (Å²) in [5.74, 6) is -0.729. The van der Waals surface area contributed by atoms with Gasteiger partial charge in [-0.1, -0.05) is 6.92 Å². The first-order chi connectivity index (χ1) is 6.81. The van der Waals surface area contributed by atoms with Gasteiger partial charge in [0.2, 0.25) is 0 Å². The number of piperidine rings is 1. The number of carboxylic acids is 1. The van der Waals surface area contributed by atoms with Crippen molar-refractivity contribution in [2.45, 2.75) is 31.9 Å². The van der Waals surface area contributed by atoms with E-state index >= 15 is 0 Å². The quantitative estimate of drug-likeness (QED) is 0.591. The highest BCUT2D eigenvalue weighted by Crippen LogP contribution is 2.17. The molecular formula is C10H20N2O3. The van der Waals surface area contributed by atoms with Gasteiger partial charge < -0.3 is 15.9 Å². The third-order valence-electron chi connectivity index (χ3n) is 2.76. The van der Waals surface area contributed by atoms with Crippen LogP contribution in [0.15, 0.2) is 0 Å². The molecule has 0 radical (unpaired) electrons. The number of aliphatic carboxylic acids is 1. The summed E-state index contributed by atoms with van der Waals surface area (Å²) in [7, 11) is 0. The van der Waals surface area contributed by atoms with Gasteiger partial charge in [-0.3, -0.25) is 4.90 Å². The Balaban J connectivity index is 2.54. The van der Waals surface area contributed by atoms with Crippen LogP contribution >= 0.6 is 0 Å². The molecule has 0 saturated carbocycles. The first-order valence-electron chi connectivity index (χ1n) is 5.25. The van der Waals surface area contributed by atoms with Gasteiger partial charge in [0.25, 0.3) is 0 Å². The van der Waals surface area contributed by atoms with Crippen molar-refractivity contribution in [1.29, 1.82) is 0 Å². The molecule has 88 valence electrons. The molecule has 5 nitrogen and oxygen atoms in total. The smallest absolute Gasteiger partial charge is 0.336 e. The molecule has 5 heteroatoms. The van der Waals surface area contributed by atoms with Crippen molar-refractivity contribution in [2.75, 3.05) is 19.6 Å². The number of aliphatic hydroxyl groups is 1. The normalized spacial score (nSPS) is 32.3. The zero-order chi connectivity index (χ0) is 11.6. The zero-order valence-electron chi connectivity index (χ0n) is 9.31. The lowest BCUT2D eigenvalue weighted by molar-refractivity contribution is -0.158. The Labute approximate surface area is 89.9 Å². The summed E-state index contributed by atoms with van der Waals surface area (Å²) in [6.07, 6.45) is 0.964. The van der Waals surface area contributed by atoms with Crippen LogP contribution in [0.25, 0.3) is 0 Å². The van der Waals surface area contributed by atoms with Crippen molar-refractivity contribution >= 4 is 5.97 Å². The maximum absolute atomic E-state index is 10.7. The van der Waals surface area contributed by atoms with Gasteiger partial charge >= 0.3 is 5.97 Å². The molecule has 0 aliphatic carbocycles. The van der Waals surface area contributed by atoms with Crippen LogP contribution in [0.1, 0.15) is 20.3 Å². The molecule has 3 atom stereocenters. The fourth-order valence-corrected chi connectivity index (χ4v) is 2.14. The lowest BCUT2D eigenvalue weighted by atomic mass is 9.95. The van der Waals surface area contributed by atoms with E-state index in [9.17, 15) is 9.90 Å². The van der Waals surface area contributed by atoms with E-state index in [-0.39, 0.29) is 12.6 Å². The van der Waals surface area contributed by atoms with Crippen molar-refractivity contribution in [3.63, 3.8) is 0 Å². The summed E-state index contributed by atoms with van der Waals surface area (Å²) in [6.45, 7) is 5.01. The van der Waals surface area contributed by atoms with E-state index in [1.807, 2.05) is 4.90 Å². The van der Waals surface area contributed by atoms with Crippen LogP contribution < -0.4 is 5.73 Å². The number of carbonyl (C=O) groups is 1. The van der Waals surface area contributed by atoms with Crippen LogP contribution in [0.3, 0.4) is 0 Å². The van der Waals surface area contributed by atoms with Gasteiger partial charge in [-0.05, 0) is 19.3 Å². The Kier molecular flexibility index (Phi) is 3.70. The lowest BCUT2D eigenvalue weighted by Gasteiger charge is -2.37. The minimum atomic E-state index is -1.68. The molecule has 1 rings (SSSR count). The van der Waals surface area contributed by atoms with Gasteiger partial charge in [-0.15, -0.1) is 0 Å². The monoisotopic (exact) mass is 216 g/mol. The third kappa shape index (κ3) is 3.44. The van der Waals surface area contributed by atoms with E-state index in [0.29, 0.717) is 12.5 Å². The molecule has 15 heavy (non-hydrogen) atoms. The predicted molar refractivity (Wildman–Crippen MR) is 56.5 cm³/mol. The SMILES string of the molecule is CC1CC(N)CN(CC(C)(O)C(=O)O)C1. The Bertz CT molecular complexity index is 233. The molecule has 1 saturated heterocycles. The first kappa shape index (κ1) is 12.4. The van der Waals surface area contributed by atoms with Crippen LogP contribution in [-0.4, -0.2) is 52.4 Å². The number of hydrogen-bond donors (Lipinski definition) is 3. The molecule has 4 N–H and O–H groups in total. The average molecular weight is 216 g/mol. The fraction of sp³-hybridized carbons (Fsp3) is 0.900. The summed E-state index contributed by atoms with van der Waals surface area (Å²) in [5, 5.41) is 18.4. The van der Waals surface area contributed by atoms with Crippen molar-refractivity contribution in [1.82, 2.24) is 4.90 Å². The standard InChI is InChI=1S/C10H20N2O3/c1-7-3-8(11)5-12(4-7)6-10(2,15)9(13)14/h7-8,15H,3-6,11H2,1-2H3,(H,13,14). The molecule has 0 spiro atoms.